The van der Waals surface area contributed by atoms with Crippen LogP contribution in [0.15, 0.2) is 23.9 Å². The van der Waals surface area contributed by atoms with Gasteiger partial charge in [-0.05, 0) is 12.2 Å². The molecule has 68 valence electrons. The third-order valence-electron chi connectivity index (χ3n) is 1.86. The Hall–Kier alpha value is -1.56. The highest BCUT2D eigenvalue weighted by Gasteiger charge is 2.30. The molecule has 1 heterocycles. The number of hydrogen-bond donors (Lipinski definition) is 2. The zero-order chi connectivity index (χ0) is 9.42. The Bertz CT molecular complexity index is 450. The Morgan fingerprint density at radius 3 is 2.85 bits per heavy atom. The minimum atomic E-state index is -2.29. The molecule has 2 aliphatic rings. The van der Waals surface area contributed by atoms with Crippen molar-refractivity contribution in [2.75, 3.05) is 0 Å². The zero-order valence-corrected chi connectivity index (χ0v) is 7.26. The van der Waals surface area contributed by atoms with Gasteiger partial charge in [-0.2, -0.15) is 8.42 Å². The van der Waals surface area contributed by atoms with Crippen molar-refractivity contribution >= 4 is 21.2 Å². The second-order valence-electron chi connectivity index (χ2n) is 2.65. The van der Waals surface area contributed by atoms with Gasteiger partial charge in [-0.25, -0.2) is 4.79 Å². The van der Waals surface area contributed by atoms with Gasteiger partial charge >= 0.3 is 6.03 Å². The van der Waals surface area contributed by atoms with Crippen LogP contribution < -0.4 is 10.6 Å². The van der Waals surface area contributed by atoms with Crippen LogP contribution >= 0.6 is 0 Å². The van der Waals surface area contributed by atoms with Crippen LogP contribution in [0.25, 0.3) is 0 Å². The van der Waals surface area contributed by atoms with E-state index < -0.39 is 16.3 Å². The molecule has 6 heteroatoms. The number of urea groups is 1. The molecule has 5 nitrogen and oxygen atoms in total. The van der Waals surface area contributed by atoms with Crippen molar-refractivity contribution in [2.24, 2.45) is 0 Å². The summed E-state index contributed by atoms with van der Waals surface area (Å²) in [5.41, 5.74) is 0.576. The average molecular weight is 198 g/mol. The highest BCUT2D eigenvalue weighted by atomic mass is 32.2. The molecule has 1 saturated heterocycles. The number of allylic oxidation sites excluding steroid dienone is 2. The van der Waals surface area contributed by atoms with E-state index in [0.717, 1.165) is 0 Å². The maximum atomic E-state index is 10.9. The van der Waals surface area contributed by atoms with Gasteiger partial charge in [-0.15, -0.1) is 0 Å². The molecule has 1 atom stereocenters. The predicted octanol–water partition coefficient (Wildman–Crippen LogP) is -0.827. The summed E-state index contributed by atoms with van der Waals surface area (Å²) in [7, 11) is -2.29. The Morgan fingerprint density at radius 1 is 1.38 bits per heavy atom. The Labute approximate surface area is 75.7 Å². The number of fused-ring (bicyclic) bond motifs is 1. The molecule has 2 amide bonds. The minimum Gasteiger partial charge on any atom is -0.324 e. The van der Waals surface area contributed by atoms with Crippen LogP contribution in [0.1, 0.15) is 0 Å². The third kappa shape index (κ3) is 1.25. The van der Waals surface area contributed by atoms with Crippen LogP contribution in [0.4, 0.5) is 4.79 Å². The predicted molar refractivity (Wildman–Crippen MR) is 46.6 cm³/mol. The maximum Gasteiger partial charge on any atom is 0.319 e. The molecule has 1 aliphatic heterocycles. The molecular formula is C7H6N2O3S. The van der Waals surface area contributed by atoms with E-state index in [1.165, 1.54) is 6.08 Å². The van der Waals surface area contributed by atoms with E-state index in [0.29, 0.717) is 5.70 Å². The fourth-order valence-corrected chi connectivity index (χ4v) is 1.87. The van der Waals surface area contributed by atoms with Gasteiger partial charge in [0.25, 0.3) is 0 Å². The number of carbonyl (C=O) groups is 1. The Kier molecular flexibility index (Phi) is 1.70. The number of rotatable bonds is 0. The first kappa shape index (κ1) is 8.06. The lowest BCUT2D eigenvalue weighted by molar-refractivity contribution is 0.248. The smallest absolute Gasteiger partial charge is 0.319 e. The van der Waals surface area contributed by atoms with Gasteiger partial charge in [-0.3, -0.25) is 0 Å². The molecule has 0 radical (unpaired) electrons. The van der Waals surface area contributed by atoms with Crippen LogP contribution in [0.2, 0.25) is 0 Å². The molecule has 2 rings (SSSR count). The third-order valence-corrected chi connectivity index (χ3v) is 2.61. The highest BCUT2D eigenvalue weighted by Crippen LogP contribution is 2.12. The number of nitrogens with one attached hydrogen (secondary N) is 2. The SMILES string of the molecule is O=C1NC2=CC=CC(=S(=O)=O)C2N1. The van der Waals surface area contributed by atoms with E-state index in [-0.39, 0.29) is 10.9 Å². The van der Waals surface area contributed by atoms with Crippen LogP contribution in [-0.2, 0) is 10.3 Å². The van der Waals surface area contributed by atoms with Crippen molar-refractivity contribution in [1.82, 2.24) is 10.6 Å². The summed E-state index contributed by atoms with van der Waals surface area (Å²) in [5, 5.41) is 4.99. The van der Waals surface area contributed by atoms with Gasteiger partial charge in [0.1, 0.15) is 10.9 Å². The molecule has 1 unspecified atom stereocenters. The van der Waals surface area contributed by atoms with Crippen molar-refractivity contribution in [3.8, 4) is 0 Å². The van der Waals surface area contributed by atoms with Crippen molar-refractivity contribution in [3.63, 3.8) is 0 Å². The van der Waals surface area contributed by atoms with Gasteiger partial charge in [0.05, 0.1) is 0 Å². The van der Waals surface area contributed by atoms with Crippen molar-refractivity contribution < 1.29 is 13.2 Å². The van der Waals surface area contributed by atoms with Crippen molar-refractivity contribution in [1.29, 1.82) is 0 Å². The van der Waals surface area contributed by atoms with Gasteiger partial charge in [0, 0.05) is 5.70 Å². The first-order chi connectivity index (χ1) is 6.18. The summed E-state index contributed by atoms with van der Waals surface area (Å²) in [4.78, 5) is 11.0. The summed E-state index contributed by atoms with van der Waals surface area (Å²) in [6.07, 6.45) is 4.72. The average Bonchev–Trinajstić information content (AvgIpc) is 2.43. The lowest BCUT2D eigenvalue weighted by atomic mass is 10.1. The largest absolute Gasteiger partial charge is 0.324 e. The van der Waals surface area contributed by atoms with E-state index in [9.17, 15) is 13.2 Å². The van der Waals surface area contributed by atoms with Crippen molar-refractivity contribution in [3.05, 3.63) is 23.9 Å². The normalized spacial score (nSPS) is 24.6. The van der Waals surface area contributed by atoms with Gasteiger partial charge < -0.3 is 10.6 Å². The molecular weight excluding hydrogens is 192 g/mol. The van der Waals surface area contributed by atoms with E-state index >= 15 is 0 Å². The molecule has 2 N–H and O–H groups in total. The van der Waals surface area contributed by atoms with E-state index in [4.69, 9.17) is 0 Å². The first-order valence-corrected chi connectivity index (χ1v) is 4.68. The second kappa shape index (κ2) is 2.74. The highest BCUT2D eigenvalue weighted by molar-refractivity contribution is 7.73. The van der Waals surface area contributed by atoms with Crippen molar-refractivity contribution in [2.45, 2.75) is 6.04 Å². The Morgan fingerprint density at radius 2 is 2.15 bits per heavy atom. The Balaban J connectivity index is 2.52. The molecule has 13 heavy (non-hydrogen) atoms. The molecule has 0 bridgehead atoms. The lowest BCUT2D eigenvalue weighted by Gasteiger charge is -2.10. The van der Waals surface area contributed by atoms with Crippen LogP contribution in [0.3, 0.4) is 0 Å². The molecule has 1 aliphatic carbocycles. The quantitative estimate of drug-likeness (QED) is 0.499. The van der Waals surface area contributed by atoms with E-state index in [1.807, 2.05) is 0 Å². The van der Waals surface area contributed by atoms with Gasteiger partial charge in [0.2, 0.25) is 10.3 Å². The van der Waals surface area contributed by atoms with Crippen LogP contribution in [0, 0.1) is 0 Å². The van der Waals surface area contributed by atoms with Gasteiger partial charge in [-0.1, -0.05) is 6.08 Å². The number of hydrogen-bond acceptors (Lipinski definition) is 3. The lowest BCUT2D eigenvalue weighted by Crippen LogP contribution is -2.34. The zero-order valence-electron chi connectivity index (χ0n) is 6.44. The fourth-order valence-electron chi connectivity index (χ4n) is 1.31. The second-order valence-corrected chi connectivity index (χ2v) is 3.59. The molecule has 1 fully saturated rings. The summed E-state index contributed by atoms with van der Waals surface area (Å²) in [6, 6.07) is -0.904. The summed E-state index contributed by atoms with van der Waals surface area (Å²) in [6.45, 7) is 0. The molecule has 0 aromatic rings. The number of amides is 2. The summed E-state index contributed by atoms with van der Waals surface area (Å²) in [5.74, 6) is 0. The molecule has 0 aromatic carbocycles. The van der Waals surface area contributed by atoms with E-state index in [1.54, 1.807) is 12.2 Å². The van der Waals surface area contributed by atoms with Gasteiger partial charge in [0.15, 0.2) is 0 Å². The number of carbonyl (C=O) groups excluding carboxylic acids is 1. The monoisotopic (exact) mass is 198 g/mol. The first-order valence-electron chi connectivity index (χ1n) is 3.60. The maximum absolute atomic E-state index is 10.9. The van der Waals surface area contributed by atoms with Crippen LogP contribution in [0.5, 0.6) is 0 Å². The summed E-state index contributed by atoms with van der Waals surface area (Å²) >= 11 is 0. The molecule has 0 spiro atoms. The van der Waals surface area contributed by atoms with E-state index in [2.05, 4.69) is 10.6 Å². The van der Waals surface area contributed by atoms with Crippen LogP contribution in [-0.4, -0.2) is 25.4 Å². The minimum absolute atomic E-state index is 0.177. The summed E-state index contributed by atoms with van der Waals surface area (Å²) < 4.78 is 21.4. The molecule has 0 aromatic heterocycles. The fraction of sp³-hybridized carbons (Fsp3) is 0.143. The standard InChI is InChI=1S/C7H6N2O3S/c10-7-8-4-2-1-3-5(13(11)12)6(4)9-7/h1-3,6H,(H2,8,9,10). The molecule has 0 saturated carbocycles. The topological polar surface area (TPSA) is 75.3 Å².